The van der Waals surface area contributed by atoms with Gasteiger partial charge in [-0.3, -0.25) is 33.8 Å². The Balaban J connectivity index is 1.95. The van der Waals surface area contributed by atoms with E-state index in [0.29, 0.717) is 0 Å². The lowest BCUT2D eigenvalue weighted by molar-refractivity contribution is -0.386. The lowest BCUT2D eigenvalue weighted by Gasteiger charge is -2.67. The molecular weight excluding hydrogens is 718 g/mol. The predicted molar refractivity (Wildman–Crippen MR) is 176 cm³/mol. The monoisotopic (exact) mass is 763 g/mol. The van der Waals surface area contributed by atoms with Crippen molar-refractivity contribution in [1.82, 2.24) is 4.98 Å². The third kappa shape index (κ3) is 6.17. The van der Waals surface area contributed by atoms with Gasteiger partial charge in [-0.1, -0.05) is 13.8 Å². The second-order valence-corrected chi connectivity index (χ2v) is 14.7. The van der Waals surface area contributed by atoms with Gasteiger partial charge in [0.1, 0.15) is 41.5 Å². The maximum absolute atomic E-state index is 14.2. The van der Waals surface area contributed by atoms with Gasteiger partial charge in [-0.15, -0.1) is 0 Å². The number of cyclic esters (lactones) is 1. The molecule has 3 heterocycles. The van der Waals surface area contributed by atoms with Crippen LogP contribution < -0.4 is 0 Å². The van der Waals surface area contributed by atoms with E-state index in [-0.39, 0.29) is 11.3 Å². The lowest BCUT2D eigenvalue weighted by atomic mass is 9.45. The first-order chi connectivity index (χ1) is 25.1. The fourth-order valence-corrected chi connectivity index (χ4v) is 8.96. The highest BCUT2D eigenvalue weighted by Crippen LogP contribution is 2.69. The number of fused-ring (bicyclic) bond motifs is 5. The molecule has 2 saturated carbocycles. The zero-order chi connectivity index (χ0) is 40.3. The summed E-state index contributed by atoms with van der Waals surface area (Å²) in [5, 5.41) is 25.9. The normalized spacial score (nSPS) is 39.8. The third-order valence-electron chi connectivity index (χ3n) is 11.2. The summed E-state index contributed by atoms with van der Waals surface area (Å²) >= 11 is 0. The van der Waals surface area contributed by atoms with E-state index >= 15 is 0 Å². The molecular formula is C36H45NO17. The van der Waals surface area contributed by atoms with Gasteiger partial charge in [0, 0.05) is 46.7 Å². The van der Waals surface area contributed by atoms with Gasteiger partial charge in [-0.25, -0.2) is 4.79 Å². The van der Waals surface area contributed by atoms with Gasteiger partial charge in [0.25, 0.3) is 0 Å². The number of aromatic nitrogens is 1. The van der Waals surface area contributed by atoms with Gasteiger partial charge in [-0.2, -0.15) is 0 Å². The molecule has 2 aliphatic heterocycles. The topological polar surface area (TPSA) is 247 Å². The molecule has 1 spiro atoms. The molecule has 2 N–H and O–H groups in total. The maximum Gasteiger partial charge on any atom is 0.340 e. The Morgan fingerprint density at radius 1 is 0.852 bits per heavy atom. The third-order valence-corrected chi connectivity index (χ3v) is 11.2. The van der Waals surface area contributed by atoms with E-state index in [1.54, 1.807) is 6.92 Å². The lowest BCUT2D eigenvalue weighted by Crippen LogP contribution is -2.89. The quantitative estimate of drug-likeness (QED) is 0.295. The van der Waals surface area contributed by atoms with Crippen molar-refractivity contribution >= 4 is 41.8 Å². The molecule has 0 radical (unpaired) electrons. The van der Waals surface area contributed by atoms with Gasteiger partial charge >= 0.3 is 41.8 Å². The summed E-state index contributed by atoms with van der Waals surface area (Å²) in [5.74, 6) is -10.5. The predicted octanol–water partition coefficient (Wildman–Crippen LogP) is 0.463. The molecule has 54 heavy (non-hydrogen) atoms. The highest BCUT2D eigenvalue weighted by atomic mass is 16.7. The zero-order valence-electron chi connectivity index (χ0n) is 31.3. The summed E-state index contributed by atoms with van der Waals surface area (Å²) < 4.78 is 47.5. The van der Waals surface area contributed by atoms with Crippen LogP contribution in [0, 0.1) is 17.3 Å². The number of hydrogen-bond donors (Lipinski definition) is 2. The molecule has 1 saturated heterocycles. The molecule has 2 aliphatic carbocycles. The minimum absolute atomic E-state index is 0.0246. The number of ether oxygens (including phenoxy) is 8. The van der Waals surface area contributed by atoms with E-state index in [1.807, 2.05) is 0 Å². The Morgan fingerprint density at radius 3 is 1.96 bits per heavy atom. The standard InChI is InChI=1S/C36H45NO17/c1-15-16(2)31(44)53-28-26(50-19(5)40)30(52-21(7)42)35(14-47-17(3)38)29(51-20(6)41)25(49-18(4)39)23-27(43)36(35,34(28,9)46)54-33(23,8)13-48-32(45)22-11-10-12-37-24(15)22/h10-12,15-16,23,25-30,43,46H,13-14H2,1-9H3/t15-,16-,23+,25+,26-,27?,28-,29+,30-,33-,34-,35+,36-/m0/s1. The average molecular weight is 764 g/mol. The van der Waals surface area contributed by atoms with E-state index in [4.69, 9.17) is 37.9 Å². The van der Waals surface area contributed by atoms with Gasteiger partial charge in [0.2, 0.25) is 0 Å². The Kier molecular flexibility index (Phi) is 10.6. The number of nitrogens with zero attached hydrogens (tertiary/aromatic N) is 1. The van der Waals surface area contributed by atoms with Crippen molar-refractivity contribution in [1.29, 1.82) is 0 Å². The minimum Gasteiger partial charge on any atom is -0.465 e. The number of carbonyl (C=O) groups is 7. The van der Waals surface area contributed by atoms with Crippen molar-refractivity contribution in [3.05, 3.63) is 29.6 Å². The SMILES string of the molecule is CC(=O)OC[C@]12[C@H](OC(C)=O)[C@H](OC(C)=O)[C@@H]3C(O)[C@@]14O[C@@]3(C)COC(=O)c1cccnc1[C@@H](C)[C@H](C)C(=O)O[C@@H]([C@H](OC(C)=O)[C@@H]2OC(C)=O)[C@]4(C)O. The minimum atomic E-state index is -2.78. The van der Waals surface area contributed by atoms with E-state index in [0.717, 1.165) is 41.5 Å². The van der Waals surface area contributed by atoms with Gasteiger partial charge < -0.3 is 48.1 Å². The molecule has 4 bridgehead atoms. The van der Waals surface area contributed by atoms with Crippen LogP contribution in [-0.4, -0.2) is 124 Å². The number of carbonyl (C=O) groups excluding carboxylic acids is 7. The van der Waals surface area contributed by atoms with Crippen molar-refractivity contribution < 1.29 is 81.7 Å². The summed E-state index contributed by atoms with van der Waals surface area (Å²) in [6, 6.07) is 2.91. The molecule has 18 nitrogen and oxygen atoms in total. The summed E-state index contributed by atoms with van der Waals surface area (Å²) in [6.45, 7) is 8.75. The second kappa shape index (κ2) is 14.2. The van der Waals surface area contributed by atoms with Crippen LogP contribution in [0.15, 0.2) is 18.3 Å². The van der Waals surface area contributed by atoms with Gasteiger partial charge in [0.05, 0.1) is 29.2 Å². The zero-order valence-corrected chi connectivity index (χ0v) is 31.3. The first kappa shape index (κ1) is 40.5. The van der Waals surface area contributed by atoms with Crippen molar-refractivity contribution in [2.45, 2.75) is 122 Å². The molecule has 1 aromatic rings. The molecule has 1 unspecified atom stereocenters. The number of pyridine rings is 1. The summed E-state index contributed by atoms with van der Waals surface area (Å²) in [6.07, 6.45) is -10.5. The first-order valence-electron chi connectivity index (χ1n) is 17.3. The van der Waals surface area contributed by atoms with E-state index in [2.05, 4.69) is 4.98 Å². The average Bonchev–Trinajstić information content (AvgIpc) is 3.27. The highest BCUT2D eigenvalue weighted by molar-refractivity contribution is 5.91. The summed E-state index contributed by atoms with van der Waals surface area (Å²) in [5.41, 5.74) is -9.93. The highest BCUT2D eigenvalue weighted by Gasteiger charge is 2.90. The second-order valence-electron chi connectivity index (χ2n) is 14.7. The van der Waals surface area contributed by atoms with Crippen LogP contribution in [0.25, 0.3) is 0 Å². The molecule has 18 heteroatoms. The Morgan fingerprint density at radius 2 is 1.41 bits per heavy atom. The smallest absolute Gasteiger partial charge is 0.340 e. The van der Waals surface area contributed by atoms with Crippen molar-refractivity contribution in [3.63, 3.8) is 0 Å². The van der Waals surface area contributed by atoms with Crippen molar-refractivity contribution in [2.75, 3.05) is 13.2 Å². The Hall–Kier alpha value is -4.68. The van der Waals surface area contributed by atoms with E-state index in [9.17, 15) is 43.8 Å². The Labute approximate surface area is 310 Å². The fourth-order valence-electron chi connectivity index (χ4n) is 8.96. The molecule has 5 rings (SSSR count). The number of aliphatic hydroxyl groups excluding tert-OH is 1. The molecule has 3 fully saturated rings. The molecule has 0 aromatic carbocycles. The van der Waals surface area contributed by atoms with Crippen LogP contribution in [0.2, 0.25) is 0 Å². The number of esters is 7. The number of aliphatic hydroxyl groups is 2. The van der Waals surface area contributed by atoms with Crippen LogP contribution >= 0.6 is 0 Å². The molecule has 13 atom stereocenters. The van der Waals surface area contributed by atoms with Crippen LogP contribution in [0.4, 0.5) is 0 Å². The first-order valence-corrected chi connectivity index (χ1v) is 17.3. The van der Waals surface area contributed by atoms with Crippen molar-refractivity contribution in [2.24, 2.45) is 17.3 Å². The molecule has 1 aromatic heterocycles. The van der Waals surface area contributed by atoms with Crippen LogP contribution in [0.5, 0.6) is 0 Å². The largest absolute Gasteiger partial charge is 0.465 e. The van der Waals surface area contributed by atoms with Crippen LogP contribution in [0.3, 0.4) is 0 Å². The number of hydrogen-bond acceptors (Lipinski definition) is 18. The van der Waals surface area contributed by atoms with Crippen LogP contribution in [-0.2, 0) is 66.7 Å². The maximum atomic E-state index is 14.2. The summed E-state index contributed by atoms with van der Waals surface area (Å²) in [7, 11) is 0. The van der Waals surface area contributed by atoms with Gasteiger partial charge in [0.15, 0.2) is 24.4 Å². The molecule has 0 amide bonds. The van der Waals surface area contributed by atoms with Gasteiger partial charge in [-0.05, 0) is 26.0 Å². The van der Waals surface area contributed by atoms with Crippen molar-refractivity contribution in [3.8, 4) is 0 Å². The summed E-state index contributed by atoms with van der Waals surface area (Å²) in [4.78, 5) is 96.9. The van der Waals surface area contributed by atoms with E-state index < -0.39 is 132 Å². The molecule has 4 aliphatic rings. The number of rotatable bonds is 6. The fraction of sp³-hybridized carbons (Fsp3) is 0.667. The van der Waals surface area contributed by atoms with E-state index in [1.165, 1.54) is 32.2 Å². The Bertz CT molecular complexity index is 1740. The van der Waals surface area contributed by atoms with Crippen LogP contribution in [0.1, 0.15) is 84.3 Å². The molecule has 296 valence electrons.